The molecular formula is C17H22Br4O4. The lowest BCUT2D eigenvalue weighted by Gasteiger charge is -2.29. The van der Waals surface area contributed by atoms with Crippen LogP contribution in [-0.2, 0) is 19.0 Å². The molecule has 0 radical (unpaired) electrons. The first kappa shape index (κ1) is 22.1. The van der Waals surface area contributed by atoms with Gasteiger partial charge in [-0.15, -0.1) is 5.73 Å². The summed E-state index contributed by atoms with van der Waals surface area (Å²) in [6.45, 7) is 3.56. The van der Waals surface area contributed by atoms with Crippen LogP contribution in [0.2, 0.25) is 0 Å². The molecule has 2 saturated heterocycles. The second kappa shape index (κ2) is 10.4. The van der Waals surface area contributed by atoms with Crippen molar-refractivity contribution in [1.82, 2.24) is 0 Å². The highest BCUT2D eigenvalue weighted by atomic mass is 79.9. The van der Waals surface area contributed by atoms with E-state index in [1.54, 1.807) is 4.99 Å². The second-order valence-electron chi connectivity index (χ2n) is 6.22. The Kier molecular flexibility index (Phi) is 9.20. The lowest BCUT2D eigenvalue weighted by atomic mass is 10.0. The molecule has 0 saturated carbocycles. The lowest BCUT2D eigenvalue weighted by molar-refractivity contribution is -0.149. The summed E-state index contributed by atoms with van der Waals surface area (Å²) in [7, 11) is 0. The molecular weight excluding hydrogens is 588 g/mol. The van der Waals surface area contributed by atoms with Gasteiger partial charge in [-0.3, -0.25) is 4.79 Å². The molecule has 2 rings (SSSR count). The number of esters is 1. The SMILES string of the molecule is CCC(Br)C1CC(Br)C(C(Br)C2OC(C=C=CBr)CC2OC(C)=O)O1. The normalized spacial score (nSPS) is 37.2. The van der Waals surface area contributed by atoms with Crippen molar-refractivity contribution < 1.29 is 19.0 Å². The molecule has 0 aromatic heterocycles. The monoisotopic (exact) mass is 606 g/mol. The number of rotatable bonds is 6. The maximum atomic E-state index is 11.5. The van der Waals surface area contributed by atoms with Crippen LogP contribution in [0.1, 0.15) is 33.1 Å². The van der Waals surface area contributed by atoms with Crippen molar-refractivity contribution in [2.75, 3.05) is 0 Å². The average molecular weight is 610 g/mol. The van der Waals surface area contributed by atoms with Gasteiger partial charge in [-0.05, 0) is 18.9 Å². The maximum Gasteiger partial charge on any atom is 0.302 e. The van der Waals surface area contributed by atoms with Gasteiger partial charge in [-0.1, -0.05) is 70.6 Å². The van der Waals surface area contributed by atoms with E-state index in [2.05, 4.69) is 76.4 Å². The molecule has 2 aliphatic heterocycles. The minimum atomic E-state index is -0.312. The fraction of sp³-hybridized carbons (Fsp3) is 0.765. The zero-order chi connectivity index (χ0) is 18.6. The minimum absolute atomic E-state index is 0.0610. The van der Waals surface area contributed by atoms with Crippen molar-refractivity contribution in [3.05, 3.63) is 16.8 Å². The molecule has 2 heterocycles. The average Bonchev–Trinajstić information content (AvgIpc) is 3.14. The molecule has 25 heavy (non-hydrogen) atoms. The van der Waals surface area contributed by atoms with Crippen LogP contribution in [0.25, 0.3) is 0 Å². The molecule has 8 unspecified atom stereocenters. The first-order chi connectivity index (χ1) is 11.9. The van der Waals surface area contributed by atoms with Gasteiger partial charge in [0.15, 0.2) is 0 Å². The van der Waals surface area contributed by atoms with Gasteiger partial charge in [0.05, 0.1) is 23.1 Å². The van der Waals surface area contributed by atoms with Crippen LogP contribution in [0.4, 0.5) is 0 Å². The molecule has 142 valence electrons. The van der Waals surface area contributed by atoms with Gasteiger partial charge in [0.2, 0.25) is 0 Å². The Morgan fingerprint density at radius 3 is 2.64 bits per heavy atom. The summed E-state index contributed by atoms with van der Waals surface area (Å²) in [6, 6.07) is 0. The van der Waals surface area contributed by atoms with Crippen molar-refractivity contribution in [3.63, 3.8) is 0 Å². The molecule has 0 spiro atoms. The first-order valence-corrected chi connectivity index (χ1v) is 11.9. The molecule has 0 aliphatic carbocycles. The molecule has 8 heteroatoms. The Morgan fingerprint density at radius 2 is 2.04 bits per heavy atom. The van der Waals surface area contributed by atoms with E-state index in [4.69, 9.17) is 14.2 Å². The topological polar surface area (TPSA) is 44.8 Å². The van der Waals surface area contributed by atoms with E-state index in [1.165, 1.54) is 6.92 Å². The van der Waals surface area contributed by atoms with Crippen molar-refractivity contribution in [2.45, 2.75) is 78.1 Å². The van der Waals surface area contributed by atoms with Crippen molar-refractivity contribution in [1.29, 1.82) is 0 Å². The smallest absolute Gasteiger partial charge is 0.302 e. The molecule has 4 nitrogen and oxygen atoms in total. The molecule has 2 fully saturated rings. The van der Waals surface area contributed by atoms with E-state index < -0.39 is 0 Å². The van der Waals surface area contributed by atoms with E-state index in [0.29, 0.717) is 11.2 Å². The third-order valence-electron chi connectivity index (χ3n) is 4.39. The maximum absolute atomic E-state index is 11.5. The summed E-state index contributed by atoms with van der Waals surface area (Å²) in [5, 5.41) is 0. The number of carbonyl (C=O) groups excluding carboxylic acids is 1. The predicted molar refractivity (Wildman–Crippen MR) is 112 cm³/mol. The molecule has 0 N–H and O–H groups in total. The fourth-order valence-electron chi connectivity index (χ4n) is 3.22. The van der Waals surface area contributed by atoms with Gasteiger partial charge in [0, 0.05) is 28.0 Å². The highest BCUT2D eigenvalue weighted by Gasteiger charge is 2.48. The van der Waals surface area contributed by atoms with Gasteiger partial charge < -0.3 is 14.2 Å². The Bertz CT molecular complexity index is 523. The van der Waals surface area contributed by atoms with Crippen LogP contribution in [0.3, 0.4) is 0 Å². The van der Waals surface area contributed by atoms with Gasteiger partial charge in [-0.25, -0.2) is 0 Å². The summed E-state index contributed by atoms with van der Waals surface area (Å²) >= 11 is 14.4. The zero-order valence-corrected chi connectivity index (χ0v) is 20.4. The summed E-state index contributed by atoms with van der Waals surface area (Å²) < 4.78 is 17.9. The largest absolute Gasteiger partial charge is 0.460 e. The molecule has 2 aliphatic rings. The van der Waals surface area contributed by atoms with E-state index >= 15 is 0 Å². The van der Waals surface area contributed by atoms with E-state index in [-0.39, 0.29) is 46.1 Å². The van der Waals surface area contributed by atoms with Crippen LogP contribution in [0.5, 0.6) is 0 Å². The molecule has 0 aromatic carbocycles. The fourth-order valence-corrected chi connectivity index (χ4v) is 5.91. The first-order valence-electron chi connectivity index (χ1n) is 8.29. The van der Waals surface area contributed by atoms with Gasteiger partial charge in [0.1, 0.15) is 12.2 Å². The summed E-state index contributed by atoms with van der Waals surface area (Å²) in [6.07, 6.45) is 3.74. The highest BCUT2D eigenvalue weighted by molar-refractivity contribution is 9.11. The Balaban J connectivity index is 2.10. The number of alkyl halides is 3. The summed E-state index contributed by atoms with van der Waals surface area (Å²) in [5.74, 6) is -0.300. The van der Waals surface area contributed by atoms with E-state index in [9.17, 15) is 4.79 Å². The van der Waals surface area contributed by atoms with Gasteiger partial charge in [0.25, 0.3) is 0 Å². The molecule has 0 bridgehead atoms. The van der Waals surface area contributed by atoms with Gasteiger partial charge >= 0.3 is 5.97 Å². The highest BCUT2D eigenvalue weighted by Crippen LogP contribution is 2.40. The Labute approximate surface area is 182 Å². The predicted octanol–water partition coefficient (Wildman–Crippen LogP) is 5.00. The van der Waals surface area contributed by atoms with Crippen LogP contribution in [0.15, 0.2) is 16.8 Å². The lowest BCUT2D eigenvalue weighted by Crippen LogP contribution is -2.43. The molecule has 0 aromatic rings. The van der Waals surface area contributed by atoms with E-state index in [1.807, 2.05) is 6.08 Å². The number of hydrogen-bond acceptors (Lipinski definition) is 4. The molecule has 0 amide bonds. The number of hydrogen-bond donors (Lipinski definition) is 0. The third kappa shape index (κ3) is 5.90. The third-order valence-corrected chi connectivity index (χ3v) is 7.83. The van der Waals surface area contributed by atoms with Gasteiger partial charge in [-0.2, -0.15) is 0 Å². The van der Waals surface area contributed by atoms with E-state index in [0.717, 1.165) is 12.8 Å². The number of carbonyl (C=O) groups is 1. The van der Waals surface area contributed by atoms with Crippen molar-refractivity contribution >= 4 is 69.7 Å². The Hall–Kier alpha value is 0.830. The zero-order valence-electron chi connectivity index (χ0n) is 14.0. The van der Waals surface area contributed by atoms with Crippen LogP contribution >= 0.6 is 63.7 Å². The van der Waals surface area contributed by atoms with Crippen molar-refractivity contribution in [2.24, 2.45) is 0 Å². The van der Waals surface area contributed by atoms with Crippen LogP contribution in [-0.4, -0.2) is 51.0 Å². The summed E-state index contributed by atoms with van der Waals surface area (Å²) in [5.41, 5.74) is 2.97. The quantitative estimate of drug-likeness (QED) is 0.242. The second-order valence-corrected chi connectivity index (χ2v) is 10.1. The molecule has 8 atom stereocenters. The minimum Gasteiger partial charge on any atom is -0.460 e. The van der Waals surface area contributed by atoms with Crippen LogP contribution < -0.4 is 0 Å². The van der Waals surface area contributed by atoms with Crippen molar-refractivity contribution in [3.8, 4) is 0 Å². The summed E-state index contributed by atoms with van der Waals surface area (Å²) in [4.78, 5) is 13.6. The number of halogens is 4. The standard InChI is InChI=1S/C17H22Br4O4/c1-3-11(19)13-8-12(20)16(25-13)15(21)17-14(23-9(2)22)7-10(24-17)5-4-6-18/h5-6,10-17H,3,7-8H2,1-2H3. The van der Waals surface area contributed by atoms with Crippen LogP contribution in [0, 0.1) is 0 Å². The Morgan fingerprint density at radius 1 is 1.32 bits per heavy atom. The number of ether oxygens (including phenoxy) is 3.